The fourth-order valence-electron chi connectivity index (χ4n) is 5.95. The van der Waals surface area contributed by atoms with E-state index < -0.39 is 82.5 Å². The minimum Gasteiger partial charge on any atom is -0.507 e. The van der Waals surface area contributed by atoms with Crippen molar-refractivity contribution >= 4 is 34.8 Å². The van der Waals surface area contributed by atoms with Crippen molar-refractivity contribution in [3.8, 4) is 5.75 Å². The van der Waals surface area contributed by atoms with Gasteiger partial charge in [0.05, 0.1) is 17.6 Å². The van der Waals surface area contributed by atoms with E-state index in [0.29, 0.717) is 11.1 Å². The van der Waals surface area contributed by atoms with Gasteiger partial charge in [-0.3, -0.25) is 28.8 Å². The molecule has 2 unspecified atom stereocenters. The van der Waals surface area contributed by atoms with Gasteiger partial charge in [0, 0.05) is 24.7 Å². The number of ketones is 5. The van der Waals surface area contributed by atoms with Crippen molar-refractivity contribution in [2.75, 3.05) is 0 Å². The Hall–Kier alpha value is -3.24. The highest BCUT2D eigenvalue weighted by Gasteiger charge is 2.69. The number of carbonyl (C=O) groups is 6. The number of hydrogen-bond donors (Lipinski definition) is 4. The summed E-state index contributed by atoms with van der Waals surface area (Å²) >= 11 is 0. The second-order valence-corrected chi connectivity index (χ2v) is 9.22. The molecular formula is C23H23NO9. The quantitative estimate of drug-likeness (QED) is 0.412. The summed E-state index contributed by atoms with van der Waals surface area (Å²) in [6.07, 6.45) is -2.34. The average molecular weight is 457 g/mol. The van der Waals surface area contributed by atoms with Crippen LogP contribution in [0.4, 0.5) is 0 Å². The van der Waals surface area contributed by atoms with Crippen LogP contribution in [-0.4, -0.2) is 61.8 Å². The van der Waals surface area contributed by atoms with Crippen LogP contribution in [0.2, 0.25) is 0 Å². The zero-order valence-corrected chi connectivity index (χ0v) is 17.9. The topological polar surface area (TPSA) is 189 Å². The normalized spacial score (nSPS) is 35.5. The molecule has 5 N–H and O–H groups in total. The molecule has 33 heavy (non-hydrogen) atoms. The van der Waals surface area contributed by atoms with Crippen LogP contribution < -0.4 is 5.73 Å². The van der Waals surface area contributed by atoms with E-state index in [4.69, 9.17) is 5.73 Å². The Balaban J connectivity index is 1.91. The summed E-state index contributed by atoms with van der Waals surface area (Å²) in [5.41, 5.74) is 2.72. The van der Waals surface area contributed by atoms with E-state index in [1.54, 1.807) is 6.92 Å². The second kappa shape index (κ2) is 7.39. The summed E-state index contributed by atoms with van der Waals surface area (Å²) in [5, 5.41) is 32.8. The number of aromatic hydroxyl groups is 1. The highest BCUT2D eigenvalue weighted by molar-refractivity contribution is 6.31. The molecule has 7 atom stereocenters. The number of aliphatic hydroxyl groups excluding tert-OH is 1. The van der Waals surface area contributed by atoms with Gasteiger partial charge in [0.1, 0.15) is 11.5 Å². The number of benzene rings is 1. The molecule has 10 nitrogen and oxygen atoms in total. The number of amides is 1. The lowest BCUT2D eigenvalue weighted by Gasteiger charge is -2.53. The molecule has 0 aliphatic heterocycles. The molecule has 1 amide bonds. The zero-order valence-electron chi connectivity index (χ0n) is 17.9. The first-order chi connectivity index (χ1) is 15.3. The first-order valence-corrected chi connectivity index (χ1v) is 10.5. The van der Waals surface area contributed by atoms with Crippen molar-refractivity contribution in [1.29, 1.82) is 0 Å². The van der Waals surface area contributed by atoms with E-state index in [0.717, 1.165) is 0 Å². The Morgan fingerprint density at radius 2 is 1.79 bits per heavy atom. The summed E-state index contributed by atoms with van der Waals surface area (Å²) in [6.45, 7) is 2.95. The van der Waals surface area contributed by atoms with Crippen molar-refractivity contribution in [2.45, 2.75) is 44.3 Å². The molecule has 1 aromatic carbocycles. The molecular weight excluding hydrogens is 434 g/mol. The Bertz CT molecular complexity index is 1150. The summed E-state index contributed by atoms with van der Waals surface area (Å²) in [7, 11) is 0. The van der Waals surface area contributed by atoms with Crippen molar-refractivity contribution in [3.05, 3.63) is 28.8 Å². The number of aliphatic hydroxyl groups is 2. The predicted molar refractivity (Wildman–Crippen MR) is 109 cm³/mol. The summed E-state index contributed by atoms with van der Waals surface area (Å²) in [6, 6.07) is 2.70. The van der Waals surface area contributed by atoms with Gasteiger partial charge in [-0.1, -0.05) is 13.0 Å². The summed E-state index contributed by atoms with van der Waals surface area (Å²) in [4.78, 5) is 75.8. The Morgan fingerprint density at radius 1 is 1.15 bits per heavy atom. The SMILES string of the molecule is CC(=O)Cc1ccc(O)c2c1[C@H](C)[C@@H]1C(C2=O)C(=O)[C@]2(O)C(=O)C(C(N)=O)C(=O)C[C@@H]2[C@H]1O. The number of carbonyl (C=O) groups excluding carboxylic acids is 6. The minimum atomic E-state index is -2.95. The van der Waals surface area contributed by atoms with Gasteiger partial charge in [-0.05, 0) is 30.0 Å². The maximum absolute atomic E-state index is 13.5. The van der Waals surface area contributed by atoms with Gasteiger partial charge in [-0.25, -0.2) is 0 Å². The third-order valence-corrected chi connectivity index (χ3v) is 7.37. The number of rotatable bonds is 3. The van der Waals surface area contributed by atoms with Gasteiger partial charge >= 0.3 is 0 Å². The maximum Gasteiger partial charge on any atom is 0.235 e. The van der Waals surface area contributed by atoms with Gasteiger partial charge in [-0.2, -0.15) is 0 Å². The highest BCUT2D eigenvalue weighted by atomic mass is 16.3. The van der Waals surface area contributed by atoms with Crippen molar-refractivity contribution in [3.63, 3.8) is 0 Å². The van der Waals surface area contributed by atoms with E-state index in [1.807, 2.05) is 0 Å². The van der Waals surface area contributed by atoms with E-state index in [2.05, 4.69) is 0 Å². The number of primary amides is 1. The monoisotopic (exact) mass is 457 g/mol. The lowest BCUT2D eigenvalue weighted by Crippen LogP contribution is -2.72. The van der Waals surface area contributed by atoms with Crippen LogP contribution in [-0.2, 0) is 30.4 Å². The molecule has 2 saturated carbocycles. The number of nitrogens with two attached hydrogens (primary N) is 1. The van der Waals surface area contributed by atoms with Crippen LogP contribution in [0.15, 0.2) is 12.1 Å². The fraction of sp³-hybridized carbons (Fsp3) is 0.478. The minimum absolute atomic E-state index is 0.0493. The van der Waals surface area contributed by atoms with Gasteiger partial charge < -0.3 is 21.1 Å². The van der Waals surface area contributed by atoms with Crippen molar-refractivity contribution in [1.82, 2.24) is 0 Å². The van der Waals surface area contributed by atoms with Gasteiger partial charge in [-0.15, -0.1) is 0 Å². The Morgan fingerprint density at radius 3 is 2.36 bits per heavy atom. The van der Waals surface area contributed by atoms with E-state index in [-0.39, 0.29) is 17.8 Å². The number of Topliss-reactive ketones (excluding diaryl/α,β-unsaturated/α-hetero) is 5. The number of phenolic OH excluding ortho intramolecular Hbond substituents is 1. The molecule has 0 spiro atoms. The zero-order chi connectivity index (χ0) is 24.6. The lowest BCUT2D eigenvalue weighted by atomic mass is 9.50. The second-order valence-electron chi connectivity index (χ2n) is 9.22. The fourth-order valence-corrected chi connectivity index (χ4v) is 5.95. The van der Waals surface area contributed by atoms with Crippen LogP contribution >= 0.6 is 0 Å². The molecule has 3 aliphatic rings. The molecule has 0 saturated heterocycles. The van der Waals surface area contributed by atoms with Gasteiger partial charge in [0.2, 0.25) is 5.91 Å². The molecule has 174 valence electrons. The van der Waals surface area contributed by atoms with Crippen LogP contribution in [0.5, 0.6) is 5.75 Å². The predicted octanol–water partition coefficient (Wildman–Crippen LogP) is -1.01. The third-order valence-electron chi connectivity index (χ3n) is 7.37. The number of phenols is 1. The molecule has 3 aliphatic carbocycles. The molecule has 2 fully saturated rings. The number of hydrogen-bond acceptors (Lipinski definition) is 9. The molecule has 0 bridgehead atoms. The van der Waals surface area contributed by atoms with Gasteiger partial charge in [0.15, 0.2) is 34.7 Å². The van der Waals surface area contributed by atoms with Gasteiger partial charge in [0.25, 0.3) is 0 Å². The Kier molecular flexibility index (Phi) is 5.14. The number of fused-ring (bicyclic) bond motifs is 3. The Labute approximate surface area is 187 Å². The van der Waals surface area contributed by atoms with Crippen LogP contribution in [0.1, 0.15) is 47.7 Å². The average Bonchev–Trinajstić information content (AvgIpc) is 2.71. The van der Waals surface area contributed by atoms with Crippen LogP contribution in [0, 0.1) is 23.7 Å². The van der Waals surface area contributed by atoms with E-state index >= 15 is 0 Å². The standard InChI is InChI=1S/C23H23NO9/c1-7(25)5-9-3-4-11(26)15-13(9)8(2)14-17(19(15)29)21(31)23(33)10(18(14)28)6-12(27)16(20(23)30)22(24)32/h3-4,8,10,14,16-18,26,28,33H,5-6H2,1-2H3,(H2,24,32)/t8-,10+,14+,16?,17?,18+,23+/m0/s1. The van der Waals surface area contributed by atoms with Crippen molar-refractivity contribution < 1.29 is 44.1 Å². The van der Waals surface area contributed by atoms with Crippen molar-refractivity contribution in [2.24, 2.45) is 29.4 Å². The van der Waals surface area contributed by atoms with Crippen LogP contribution in [0.3, 0.4) is 0 Å². The first kappa shape index (κ1) is 22.9. The molecule has 4 rings (SSSR count). The molecule has 0 aromatic heterocycles. The lowest BCUT2D eigenvalue weighted by molar-refractivity contribution is -0.189. The summed E-state index contributed by atoms with van der Waals surface area (Å²) in [5.74, 6) is -13.7. The smallest absolute Gasteiger partial charge is 0.235 e. The molecule has 10 heteroatoms. The highest BCUT2D eigenvalue weighted by Crippen LogP contribution is 2.54. The molecule has 1 aromatic rings. The largest absolute Gasteiger partial charge is 0.507 e. The third kappa shape index (κ3) is 2.94. The van der Waals surface area contributed by atoms with E-state index in [1.165, 1.54) is 19.1 Å². The first-order valence-electron chi connectivity index (χ1n) is 10.5. The van der Waals surface area contributed by atoms with E-state index in [9.17, 15) is 44.1 Å². The summed E-state index contributed by atoms with van der Waals surface area (Å²) < 4.78 is 0. The maximum atomic E-state index is 13.5. The molecule has 0 radical (unpaired) electrons. The van der Waals surface area contributed by atoms with Crippen LogP contribution in [0.25, 0.3) is 0 Å². The molecule has 0 heterocycles.